The molecule has 0 amide bonds. The summed E-state index contributed by atoms with van der Waals surface area (Å²) in [6.07, 6.45) is 2.53. The van der Waals surface area contributed by atoms with Gasteiger partial charge >= 0.3 is 0 Å². The van der Waals surface area contributed by atoms with Crippen molar-refractivity contribution in [1.29, 1.82) is 0 Å². The Labute approximate surface area is 96.4 Å². The molecule has 0 atom stereocenters. The predicted octanol–water partition coefficient (Wildman–Crippen LogP) is 3.09. The maximum atomic E-state index is 4.47. The molecule has 3 rings (SSSR count). The molecule has 78 valence electrons. The minimum absolute atomic E-state index is 0.651. The summed E-state index contributed by atoms with van der Waals surface area (Å²) >= 11 is 3.19. The molecule has 1 aliphatic rings. The van der Waals surface area contributed by atoms with Crippen LogP contribution in [0.1, 0.15) is 30.1 Å². The molecule has 0 aromatic carbocycles. The van der Waals surface area contributed by atoms with Crippen molar-refractivity contribution in [3.05, 3.63) is 28.2 Å². The minimum Gasteiger partial charge on any atom is -0.356 e. The Morgan fingerprint density at radius 2 is 2.40 bits per heavy atom. The molecule has 0 bridgehead atoms. The Morgan fingerprint density at radius 3 is 3.13 bits per heavy atom. The van der Waals surface area contributed by atoms with E-state index in [1.807, 2.05) is 0 Å². The normalized spacial score (nSPS) is 15.5. The van der Waals surface area contributed by atoms with Crippen LogP contribution in [0.3, 0.4) is 0 Å². The van der Waals surface area contributed by atoms with Crippen molar-refractivity contribution in [2.24, 2.45) is 0 Å². The summed E-state index contributed by atoms with van der Waals surface area (Å²) in [7, 11) is 0. The van der Waals surface area contributed by atoms with Crippen molar-refractivity contribution in [3.63, 3.8) is 0 Å². The molecule has 0 spiro atoms. The van der Waals surface area contributed by atoms with Crippen molar-refractivity contribution in [2.75, 3.05) is 5.32 Å². The van der Waals surface area contributed by atoms with Crippen LogP contribution in [-0.4, -0.2) is 9.36 Å². The average molecular weight is 237 g/mol. The van der Waals surface area contributed by atoms with Gasteiger partial charge < -0.3 is 5.32 Å². The molecule has 1 fully saturated rings. The standard InChI is InChI=1S/C10H11N3S2/c1-2-8(1)9-12-10(15-13-9)11-5-7-3-4-14-6-7/h3-4,6,8H,1-2,5H2,(H,11,12,13). The van der Waals surface area contributed by atoms with E-state index in [-0.39, 0.29) is 0 Å². The van der Waals surface area contributed by atoms with Crippen molar-refractivity contribution in [1.82, 2.24) is 9.36 Å². The largest absolute Gasteiger partial charge is 0.356 e. The van der Waals surface area contributed by atoms with E-state index in [0.717, 1.165) is 17.5 Å². The molecule has 0 unspecified atom stereocenters. The van der Waals surface area contributed by atoms with Gasteiger partial charge in [-0.15, -0.1) is 0 Å². The predicted molar refractivity (Wildman–Crippen MR) is 63.5 cm³/mol. The summed E-state index contributed by atoms with van der Waals surface area (Å²) in [5.74, 6) is 1.69. The number of anilines is 1. The van der Waals surface area contributed by atoms with Gasteiger partial charge in [-0.3, -0.25) is 0 Å². The average Bonchev–Trinajstić information content (AvgIpc) is 2.82. The summed E-state index contributed by atoms with van der Waals surface area (Å²) < 4.78 is 4.35. The van der Waals surface area contributed by atoms with Crippen LogP contribution in [0.15, 0.2) is 16.8 Å². The first-order valence-electron chi connectivity index (χ1n) is 5.00. The molecule has 1 aliphatic carbocycles. The SMILES string of the molecule is c1cc(CNc2nc(C3CC3)ns2)cs1. The van der Waals surface area contributed by atoms with Gasteiger partial charge in [-0.1, -0.05) is 0 Å². The number of hydrogen-bond donors (Lipinski definition) is 1. The molecule has 0 aliphatic heterocycles. The third-order valence-electron chi connectivity index (χ3n) is 2.41. The molecule has 1 N–H and O–H groups in total. The fraction of sp³-hybridized carbons (Fsp3) is 0.400. The van der Waals surface area contributed by atoms with Crippen molar-refractivity contribution < 1.29 is 0 Å². The van der Waals surface area contributed by atoms with Crippen molar-refractivity contribution in [3.8, 4) is 0 Å². The zero-order valence-corrected chi connectivity index (χ0v) is 9.77. The van der Waals surface area contributed by atoms with Crippen LogP contribution in [0, 0.1) is 0 Å². The van der Waals surface area contributed by atoms with E-state index >= 15 is 0 Å². The number of hydrogen-bond acceptors (Lipinski definition) is 5. The lowest BCUT2D eigenvalue weighted by Gasteiger charge is -1.97. The number of thiophene rings is 1. The quantitative estimate of drug-likeness (QED) is 0.888. The van der Waals surface area contributed by atoms with Gasteiger partial charge in [-0.25, -0.2) is 4.98 Å². The van der Waals surface area contributed by atoms with E-state index in [4.69, 9.17) is 0 Å². The van der Waals surface area contributed by atoms with Gasteiger partial charge in [0.2, 0.25) is 5.13 Å². The summed E-state index contributed by atoms with van der Waals surface area (Å²) in [5.41, 5.74) is 1.31. The summed E-state index contributed by atoms with van der Waals surface area (Å²) in [4.78, 5) is 4.47. The summed E-state index contributed by atoms with van der Waals surface area (Å²) in [5, 5.41) is 8.49. The molecule has 2 heterocycles. The molecular formula is C10H11N3S2. The summed E-state index contributed by atoms with van der Waals surface area (Å²) in [6, 6.07) is 2.13. The second kappa shape index (κ2) is 3.90. The molecule has 1 saturated carbocycles. The lowest BCUT2D eigenvalue weighted by Crippen LogP contribution is -1.97. The highest BCUT2D eigenvalue weighted by Crippen LogP contribution is 2.39. The molecule has 0 radical (unpaired) electrons. The minimum atomic E-state index is 0.651. The Bertz CT molecular complexity index is 431. The van der Waals surface area contributed by atoms with Gasteiger partial charge in [0.05, 0.1) is 0 Å². The van der Waals surface area contributed by atoms with Gasteiger partial charge in [0, 0.05) is 24.0 Å². The van der Waals surface area contributed by atoms with Gasteiger partial charge in [0.1, 0.15) is 5.82 Å². The zero-order valence-electron chi connectivity index (χ0n) is 8.14. The first kappa shape index (κ1) is 9.30. The first-order chi connectivity index (χ1) is 7.42. The molecule has 5 heteroatoms. The number of nitrogens with one attached hydrogen (secondary N) is 1. The fourth-order valence-corrected chi connectivity index (χ4v) is 2.69. The molecule has 15 heavy (non-hydrogen) atoms. The van der Waals surface area contributed by atoms with E-state index < -0.39 is 0 Å². The molecule has 3 nitrogen and oxygen atoms in total. The third-order valence-corrected chi connectivity index (χ3v) is 3.83. The van der Waals surface area contributed by atoms with E-state index in [1.165, 1.54) is 29.9 Å². The number of nitrogens with zero attached hydrogens (tertiary/aromatic N) is 2. The van der Waals surface area contributed by atoms with Crippen LogP contribution in [0.25, 0.3) is 0 Å². The van der Waals surface area contributed by atoms with Crippen LogP contribution < -0.4 is 5.32 Å². The third kappa shape index (κ3) is 2.18. The van der Waals surface area contributed by atoms with E-state index in [2.05, 4.69) is 31.5 Å². The highest BCUT2D eigenvalue weighted by molar-refractivity contribution is 7.09. The zero-order chi connectivity index (χ0) is 10.1. The van der Waals surface area contributed by atoms with E-state index in [9.17, 15) is 0 Å². The number of aromatic nitrogens is 2. The Kier molecular flexibility index (Phi) is 2.42. The Morgan fingerprint density at radius 1 is 1.47 bits per heavy atom. The van der Waals surface area contributed by atoms with E-state index in [1.54, 1.807) is 11.3 Å². The van der Waals surface area contributed by atoms with Gasteiger partial charge in [0.15, 0.2) is 0 Å². The van der Waals surface area contributed by atoms with E-state index in [0.29, 0.717) is 5.92 Å². The first-order valence-corrected chi connectivity index (χ1v) is 6.72. The highest BCUT2D eigenvalue weighted by atomic mass is 32.1. The van der Waals surface area contributed by atoms with Gasteiger partial charge in [0.25, 0.3) is 0 Å². The van der Waals surface area contributed by atoms with Crippen LogP contribution in [0.2, 0.25) is 0 Å². The van der Waals surface area contributed by atoms with Crippen LogP contribution >= 0.6 is 22.9 Å². The molecule has 0 saturated heterocycles. The van der Waals surface area contributed by atoms with Crippen LogP contribution in [0.5, 0.6) is 0 Å². The Balaban J connectivity index is 1.61. The summed E-state index contributed by atoms with van der Waals surface area (Å²) in [6.45, 7) is 0.850. The van der Waals surface area contributed by atoms with Crippen LogP contribution in [-0.2, 0) is 6.54 Å². The van der Waals surface area contributed by atoms with Crippen molar-refractivity contribution >= 4 is 28.0 Å². The van der Waals surface area contributed by atoms with Crippen molar-refractivity contribution in [2.45, 2.75) is 25.3 Å². The maximum Gasteiger partial charge on any atom is 0.202 e. The maximum absolute atomic E-state index is 4.47. The van der Waals surface area contributed by atoms with Gasteiger partial charge in [-0.2, -0.15) is 15.7 Å². The highest BCUT2D eigenvalue weighted by Gasteiger charge is 2.27. The fourth-order valence-electron chi connectivity index (χ4n) is 1.38. The second-order valence-corrected chi connectivity index (χ2v) is 5.25. The number of rotatable bonds is 4. The van der Waals surface area contributed by atoms with Crippen LogP contribution in [0.4, 0.5) is 5.13 Å². The molecule has 2 aromatic heterocycles. The Hall–Kier alpha value is -0.940. The topological polar surface area (TPSA) is 37.8 Å². The van der Waals surface area contributed by atoms with Gasteiger partial charge in [-0.05, 0) is 35.2 Å². The lowest BCUT2D eigenvalue weighted by molar-refractivity contribution is 0.980. The monoisotopic (exact) mass is 237 g/mol. The lowest BCUT2D eigenvalue weighted by atomic mass is 10.3. The molecular weight excluding hydrogens is 226 g/mol. The smallest absolute Gasteiger partial charge is 0.202 e. The second-order valence-electron chi connectivity index (χ2n) is 3.72. The molecule has 2 aromatic rings.